The van der Waals surface area contributed by atoms with Crippen LogP contribution >= 0.6 is 0 Å². The van der Waals surface area contributed by atoms with E-state index in [1.807, 2.05) is 0 Å². The third-order valence-corrected chi connectivity index (χ3v) is 10.2. The highest BCUT2D eigenvalue weighted by atomic mass is 16.5. The van der Waals surface area contributed by atoms with Gasteiger partial charge in [-0.1, -0.05) is 0 Å². The van der Waals surface area contributed by atoms with Crippen LogP contribution in [0, 0.1) is 5.92 Å². The van der Waals surface area contributed by atoms with Crippen LogP contribution in [0.3, 0.4) is 0 Å². The Bertz CT molecular complexity index is 1250. The van der Waals surface area contributed by atoms with Gasteiger partial charge in [0.05, 0.1) is 47.8 Å². The summed E-state index contributed by atoms with van der Waals surface area (Å²) in [5, 5.41) is 11.3. The Morgan fingerprint density at radius 3 is 2.05 bits per heavy atom. The summed E-state index contributed by atoms with van der Waals surface area (Å²) < 4.78 is 28.3. The molecule has 4 atom stereocenters. The molecule has 4 aliphatic rings. The molecule has 0 amide bonds. The smallest absolute Gasteiger partial charge is 0.161 e. The summed E-state index contributed by atoms with van der Waals surface area (Å²) in [4.78, 5) is 7.53. The molecule has 1 N–H and O–H groups in total. The van der Waals surface area contributed by atoms with E-state index in [2.05, 4.69) is 39.0 Å². The molecule has 43 heavy (non-hydrogen) atoms. The van der Waals surface area contributed by atoms with Gasteiger partial charge in [-0.3, -0.25) is 14.7 Å². The van der Waals surface area contributed by atoms with E-state index in [1.165, 1.54) is 28.7 Å². The van der Waals surface area contributed by atoms with Crippen molar-refractivity contribution >= 4 is 0 Å². The van der Waals surface area contributed by atoms with Crippen molar-refractivity contribution in [2.45, 2.75) is 50.3 Å². The Hall–Kier alpha value is -2.56. The van der Waals surface area contributed by atoms with Crippen molar-refractivity contribution < 1.29 is 28.8 Å². The van der Waals surface area contributed by atoms with Crippen LogP contribution < -0.4 is 18.9 Å². The normalized spacial score (nSPS) is 25.3. The lowest BCUT2D eigenvalue weighted by atomic mass is 9.77. The van der Waals surface area contributed by atoms with Crippen LogP contribution in [-0.2, 0) is 17.6 Å². The number of piperidine rings is 1. The lowest BCUT2D eigenvalue weighted by Crippen LogP contribution is -2.47. The number of hydrogen-bond acceptors (Lipinski definition) is 9. The molecule has 236 valence electrons. The summed E-state index contributed by atoms with van der Waals surface area (Å²) in [5.74, 6) is 3.75. The highest BCUT2D eigenvalue weighted by Crippen LogP contribution is 2.47. The van der Waals surface area contributed by atoms with Crippen LogP contribution in [0.2, 0.25) is 0 Å². The van der Waals surface area contributed by atoms with E-state index in [0.717, 1.165) is 94.6 Å². The van der Waals surface area contributed by atoms with Gasteiger partial charge in [-0.2, -0.15) is 0 Å². The predicted molar refractivity (Wildman–Crippen MR) is 166 cm³/mol. The average Bonchev–Trinajstić information content (AvgIpc) is 3.04. The van der Waals surface area contributed by atoms with Gasteiger partial charge in [0.25, 0.3) is 0 Å². The van der Waals surface area contributed by atoms with Crippen molar-refractivity contribution in [3.63, 3.8) is 0 Å². The lowest BCUT2D eigenvalue weighted by molar-refractivity contribution is -0.00113. The minimum absolute atomic E-state index is 0.216. The third kappa shape index (κ3) is 6.47. The van der Waals surface area contributed by atoms with Crippen LogP contribution in [-0.4, -0.2) is 113 Å². The number of ether oxygens (including phenoxy) is 5. The van der Waals surface area contributed by atoms with E-state index in [0.29, 0.717) is 25.0 Å². The fraction of sp³-hybridized carbons (Fsp3) is 0.647. The molecule has 9 nitrogen and oxygen atoms in total. The number of aliphatic hydroxyl groups excluding tert-OH is 1. The number of morpholine rings is 1. The fourth-order valence-electron chi connectivity index (χ4n) is 7.92. The Labute approximate surface area is 256 Å². The maximum Gasteiger partial charge on any atom is 0.161 e. The molecule has 2 fully saturated rings. The number of fused-ring (bicyclic) bond motifs is 4. The van der Waals surface area contributed by atoms with E-state index >= 15 is 0 Å². The van der Waals surface area contributed by atoms with Crippen molar-refractivity contribution in [2.24, 2.45) is 5.92 Å². The average molecular weight is 596 g/mol. The second-order valence-electron chi connectivity index (χ2n) is 12.6. The van der Waals surface area contributed by atoms with Crippen LogP contribution in [0.15, 0.2) is 24.3 Å². The van der Waals surface area contributed by atoms with Gasteiger partial charge >= 0.3 is 0 Å². The van der Waals surface area contributed by atoms with Gasteiger partial charge in [0.2, 0.25) is 0 Å². The van der Waals surface area contributed by atoms with Gasteiger partial charge < -0.3 is 28.8 Å². The van der Waals surface area contributed by atoms with Crippen molar-refractivity contribution in [2.75, 3.05) is 87.5 Å². The SMILES string of the molecule is COc1cc2c(cc1OC)C1CC(CC3c4cc(OC)c(OC)cc4CCN3CC(O)CN3CCOCC3)CCN1CC2. The van der Waals surface area contributed by atoms with Crippen LogP contribution in [0.4, 0.5) is 0 Å². The summed E-state index contributed by atoms with van der Waals surface area (Å²) in [6, 6.07) is 9.37. The zero-order valence-electron chi connectivity index (χ0n) is 26.3. The number of benzene rings is 2. The first-order chi connectivity index (χ1) is 21.0. The number of methoxy groups -OCH3 is 4. The first-order valence-corrected chi connectivity index (χ1v) is 16.0. The van der Waals surface area contributed by atoms with E-state index in [9.17, 15) is 5.11 Å². The molecule has 4 aliphatic heterocycles. The maximum absolute atomic E-state index is 11.3. The van der Waals surface area contributed by atoms with E-state index < -0.39 is 6.10 Å². The molecule has 0 spiro atoms. The van der Waals surface area contributed by atoms with Gasteiger partial charge in [-0.05, 0) is 91.1 Å². The molecular formula is C34H49N3O6. The van der Waals surface area contributed by atoms with Crippen LogP contribution in [0.25, 0.3) is 0 Å². The summed E-state index contributed by atoms with van der Waals surface area (Å²) in [6.07, 6.45) is 4.93. The molecule has 2 aromatic rings. The molecule has 4 unspecified atom stereocenters. The molecule has 6 rings (SSSR count). The first-order valence-electron chi connectivity index (χ1n) is 16.0. The molecule has 0 aromatic heterocycles. The van der Waals surface area contributed by atoms with E-state index in [-0.39, 0.29) is 6.04 Å². The third-order valence-electron chi connectivity index (χ3n) is 10.2. The lowest BCUT2D eigenvalue weighted by Gasteiger charge is -2.46. The summed E-state index contributed by atoms with van der Waals surface area (Å²) in [7, 11) is 6.86. The summed E-state index contributed by atoms with van der Waals surface area (Å²) in [5.41, 5.74) is 5.42. The van der Waals surface area contributed by atoms with Gasteiger partial charge in [0.1, 0.15) is 0 Å². The topological polar surface area (TPSA) is 76.1 Å². The molecule has 0 bridgehead atoms. The number of rotatable bonds is 10. The molecular weight excluding hydrogens is 546 g/mol. The monoisotopic (exact) mass is 595 g/mol. The fourth-order valence-corrected chi connectivity index (χ4v) is 7.92. The van der Waals surface area contributed by atoms with Crippen molar-refractivity contribution in [3.8, 4) is 23.0 Å². The zero-order valence-corrected chi connectivity index (χ0v) is 26.3. The quantitative estimate of drug-likeness (QED) is 0.443. The number of β-amino-alcohol motifs (C(OH)–C–C–N with tert-alkyl or cyclic N) is 1. The maximum atomic E-state index is 11.3. The predicted octanol–water partition coefficient (Wildman–Crippen LogP) is 3.71. The van der Waals surface area contributed by atoms with Gasteiger partial charge in [-0.25, -0.2) is 0 Å². The van der Waals surface area contributed by atoms with Crippen molar-refractivity contribution in [1.29, 1.82) is 0 Å². The second kappa shape index (κ2) is 13.6. The molecule has 0 radical (unpaired) electrons. The number of nitrogens with zero attached hydrogens (tertiary/aromatic N) is 3. The minimum atomic E-state index is -0.406. The Morgan fingerprint density at radius 1 is 0.767 bits per heavy atom. The molecule has 0 aliphatic carbocycles. The standard InChI is InChI=1S/C34H49N3O6/c1-39-31-17-24-6-9-36-8-5-23(15-29(36)27(24)19-33(31)41-3)16-30-28-20-34(42-4)32(40-2)18-25(28)7-10-37(30)22-26(38)21-35-11-13-43-14-12-35/h17-20,23,26,29-30,38H,5-16,21-22H2,1-4H3. The summed E-state index contributed by atoms with van der Waals surface area (Å²) in [6.45, 7) is 7.74. The summed E-state index contributed by atoms with van der Waals surface area (Å²) >= 11 is 0. The van der Waals surface area contributed by atoms with Gasteiger partial charge in [0.15, 0.2) is 23.0 Å². The van der Waals surface area contributed by atoms with Crippen LogP contribution in [0.5, 0.6) is 23.0 Å². The first kappa shape index (κ1) is 30.5. The Balaban J connectivity index is 1.25. The highest BCUT2D eigenvalue weighted by Gasteiger charge is 2.38. The highest BCUT2D eigenvalue weighted by molar-refractivity contribution is 5.51. The molecule has 2 aromatic carbocycles. The van der Waals surface area contributed by atoms with E-state index in [4.69, 9.17) is 23.7 Å². The van der Waals surface area contributed by atoms with Gasteiger partial charge in [0, 0.05) is 51.4 Å². The zero-order chi connectivity index (χ0) is 29.9. The van der Waals surface area contributed by atoms with E-state index in [1.54, 1.807) is 28.4 Å². The minimum Gasteiger partial charge on any atom is -0.493 e. The Kier molecular flexibility index (Phi) is 9.64. The molecule has 0 saturated carbocycles. The van der Waals surface area contributed by atoms with Gasteiger partial charge in [-0.15, -0.1) is 0 Å². The molecule has 4 heterocycles. The molecule has 2 saturated heterocycles. The van der Waals surface area contributed by atoms with Crippen molar-refractivity contribution in [3.05, 3.63) is 46.5 Å². The Morgan fingerprint density at radius 2 is 1.37 bits per heavy atom. The molecule has 9 heteroatoms. The number of aliphatic hydroxyl groups is 1. The van der Waals surface area contributed by atoms with Crippen molar-refractivity contribution in [1.82, 2.24) is 14.7 Å². The number of hydrogen-bond donors (Lipinski definition) is 1. The second-order valence-corrected chi connectivity index (χ2v) is 12.6. The largest absolute Gasteiger partial charge is 0.493 e. The van der Waals surface area contributed by atoms with Crippen LogP contribution in [0.1, 0.15) is 53.6 Å².